The number of ether oxygens (including phenoxy) is 1. The van der Waals surface area contributed by atoms with Crippen LogP contribution in [0.3, 0.4) is 0 Å². The average molecular weight is 503 g/mol. The van der Waals surface area contributed by atoms with Crippen LogP contribution in [0.2, 0.25) is 0 Å². The van der Waals surface area contributed by atoms with Gasteiger partial charge in [-0.15, -0.1) is 11.3 Å². The van der Waals surface area contributed by atoms with Crippen LogP contribution < -0.4 is 0 Å². The second-order valence-corrected chi connectivity index (χ2v) is 10.4. The smallest absolute Gasteiger partial charge is 0.238 e. The zero-order chi connectivity index (χ0) is 24.4. The zero-order valence-electron chi connectivity index (χ0n) is 18.8. The molecule has 0 unspecified atom stereocenters. The van der Waals surface area contributed by atoms with E-state index in [1.807, 2.05) is 35.7 Å². The standard InChI is InChI=1S/C25H27FN2O4S2/c1-32-15-14-28(34(30,31)17-13-21-6-3-2-4-7-21)20-25(29)27(19-24-8-5-16-33-24)18-22-9-11-23(26)12-10-22/h2-13,16-17H,14-15,18-20H2,1H3. The van der Waals surface area contributed by atoms with Crippen LogP contribution in [0.4, 0.5) is 4.39 Å². The number of benzene rings is 2. The number of amides is 1. The maximum Gasteiger partial charge on any atom is 0.238 e. The van der Waals surface area contributed by atoms with Gasteiger partial charge in [0.15, 0.2) is 0 Å². The van der Waals surface area contributed by atoms with E-state index in [1.54, 1.807) is 29.2 Å². The van der Waals surface area contributed by atoms with Gasteiger partial charge in [-0.3, -0.25) is 4.79 Å². The van der Waals surface area contributed by atoms with Crippen molar-refractivity contribution < 1.29 is 22.3 Å². The van der Waals surface area contributed by atoms with E-state index < -0.39 is 10.0 Å². The van der Waals surface area contributed by atoms with Crippen LogP contribution >= 0.6 is 11.3 Å². The van der Waals surface area contributed by atoms with Gasteiger partial charge in [0.2, 0.25) is 15.9 Å². The lowest BCUT2D eigenvalue weighted by molar-refractivity contribution is -0.132. The van der Waals surface area contributed by atoms with Crippen molar-refractivity contribution >= 4 is 33.3 Å². The topological polar surface area (TPSA) is 66.9 Å². The van der Waals surface area contributed by atoms with Crippen molar-refractivity contribution in [2.24, 2.45) is 0 Å². The van der Waals surface area contributed by atoms with E-state index in [4.69, 9.17) is 4.74 Å². The first kappa shape index (κ1) is 25.8. The SMILES string of the molecule is COCCN(CC(=O)N(Cc1ccc(F)cc1)Cc1cccs1)S(=O)(=O)C=Cc1ccccc1. The second kappa shape index (κ2) is 12.6. The van der Waals surface area contributed by atoms with Crippen molar-refractivity contribution in [3.05, 3.63) is 99.3 Å². The molecular weight excluding hydrogens is 475 g/mol. The molecule has 0 radical (unpaired) electrons. The van der Waals surface area contributed by atoms with Crippen molar-refractivity contribution in [1.82, 2.24) is 9.21 Å². The van der Waals surface area contributed by atoms with Crippen molar-refractivity contribution in [3.63, 3.8) is 0 Å². The third kappa shape index (κ3) is 7.88. The molecule has 0 atom stereocenters. The molecule has 1 heterocycles. The molecular formula is C25H27FN2O4S2. The molecule has 0 N–H and O–H groups in total. The number of carbonyl (C=O) groups excluding carboxylic acids is 1. The molecule has 0 aliphatic heterocycles. The fourth-order valence-electron chi connectivity index (χ4n) is 3.19. The first-order chi connectivity index (χ1) is 16.4. The maximum atomic E-state index is 13.3. The van der Waals surface area contributed by atoms with Crippen LogP contribution in [-0.4, -0.2) is 50.3 Å². The summed E-state index contributed by atoms with van der Waals surface area (Å²) in [4.78, 5) is 15.9. The normalized spacial score (nSPS) is 11.9. The number of halogens is 1. The number of sulfonamides is 1. The molecule has 9 heteroatoms. The highest BCUT2D eigenvalue weighted by atomic mass is 32.2. The van der Waals surface area contributed by atoms with Gasteiger partial charge in [-0.2, -0.15) is 4.31 Å². The Balaban J connectivity index is 1.80. The van der Waals surface area contributed by atoms with Gasteiger partial charge < -0.3 is 9.64 Å². The fourth-order valence-corrected chi connectivity index (χ4v) is 5.03. The van der Waals surface area contributed by atoms with E-state index in [2.05, 4.69) is 0 Å². The highest BCUT2D eigenvalue weighted by molar-refractivity contribution is 7.92. The van der Waals surface area contributed by atoms with Gasteiger partial charge in [0, 0.05) is 30.5 Å². The molecule has 0 fully saturated rings. The van der Waals surface area contributed by atoms with Gasteiger partial charge in [0.25, 0.3) is 0 Å². The molecule has 1 amide bonds. The van der Waals surface area contributed by atoms with Crippen LogP contribution in [-0.2, 0) is 32.6 Å². The molecule has 0 aliphatic carbocycles. The Morgan fingerprint density at radius 2 is 1.76 bits per heavy atom. The van der Waals surface area contributed by atoms with Gasteiger partial charge in [-0.1, -0.05) is 48.5 Å². The van der Waals surface area contributed by atoms with Crippen molar-refractivity contribution in [2.75, 3.05) is 26.8 Å². The summed E-state index contributed by atoms with van der Waals surface area (Å²) in [5.41, 5.74) is 1.49. The molecule has 6 nitrogen and oxygen atoms in total. The van der Waals surface area contributed by atoms with E-state index in [1.165, 1.54) is 36.7 Å². The summed E-state index contributed by atoms with van der Waals surface area (Å²) in [6, 6.07) is 18.8. The van der Waals surface area contributed by atoms with Gasteiger partial charge in [-0.05, 0) is 40.8 Å². The number of nitrogens with zero attached hydrogens (tertiary/aromatic N) is 2. The fraction of sp³-hybridized carbons (Fsp3) is 0.240. The quantitative estimate of drug-likeness (QED) is 0.369. The van der Waals surface area contributed by atoms with Crippen LogP contribution in [0.25, 0.3) is 6.08 Å². The Kier molecular flexibility index (Phi) is 9.52. The Bertz CT molecular complexity index is 1170. The first-order valence-corrected chi connectivity index (χ1v) is 13.0. The molecule has 0 spiro atoms. The van der Waals surface area contributed by atoms with Crippen molar-refractivity contribution in [2.45, 2.75) is 13.1 Å². The minimum absolute atomic E-state index is 0.0348. The summed E-state index contributed by atoms with van der Waals surface area (Å²) in [6.45, 7) is 0.403. The van der Waals surface area contributed by atoms with E-state index in [0.717, 1.165) is 25.7 Å². The predicted molar refractivity (Wildman–Crippen MR) is 133 cm³/mol. The summed E-state index contributed by atoms with van der Waals surface area (Å²) in [5, 5.41) is 3.02. The van der Waals surface area contributed by atoms with Gasteiger partial charge in [0.1, 0.15) is 5.82 Å². The Morgan fingerprint density at radius 3 is 2.41 bits per heavy atom. The van der Waals surface area contributed by atoms with E-state index in [-0.39, 0.29) is 38.0 Å². The Hall–Kier alpha value is -2.85. The van der Waals surface area contributed by atoms with E-state index >= 15 is 0 Å². The highest BCUT2D eigenvalue weighted by Gasteiger charge is 2.25. The molecule has 34 heavy (non-hydrogen) atoms. The van der Waals surface area contributed by atoms with Crippen LogP contribution in [0.5, 0.6) is 0 Å². The molecule has 3 rings (SSSR count). The maximum absolute atomic E-state index is 13.3. The molecule has 0 bridgehead atoms. The molecule has 0 aliphatic rings. The predicted octanol–water partition coefficient (Wildman–Crippen LogP) is 4.37. The zero-order valence-corrected chi connectivity index (χ0v) is 20.5. The van der Waals surface area contributed by atoms with Crippen molar-refractivity contribution in [1.29, 1.82) is 0 Å². The number of hydrogen-bond donors (Lipinski definition) is 0. The summed E-state index contributed by atoms with van der Waals surface area (Å²) in [7, 11) is -2.41. The van der Waals surface area contributed by atoms with Crippen LogP contribution in [0.1, 0.15) is 16.0 Å². The first-order valence-electron chi connectivity index (χ1n) is 10.6. The van der Waals surface area contributed by atoms with Gasteiger partial charge >= 0.3 is 0 Å². The van der Waals surface area contributed by atoms with Crippen LogP contribution in [0.15, 0.2) is 77.5 Å². The monoisotopic (exact) mass is 502 g/mol. The second-order valence-electron chi connectivity index (χ2n) is 7.54. The van der Waals surface area contributed by atoms with E-state index in [9.17, 15) is 17.6 Å². The Labute approximate surface area is 204 Å². The Morgan fingerprint density at radius 1 is 1.03 bits per heavy atom. The number of methoxy groups -OCH3 is 1. The number of carbonyl (C=O) groups is 1. The summed E-state index contributed by atoms with van der Waals surface area (Å²) in [5.74, 6) is -0.715. The lowest BCUT2D eigenvalue weighted by Crippen LogP contribution is -2.43. The molecule has 0 saturated heterocycles. The molecule has 180 valence electrons. The number of hydrogen-bond acceptors (Lipinski definition) is 5. The molecule has 3 aromatic rings. The minimum Gasteiger partial charge on any atom is -0.383 e. The minimum atomic E-state index is -3.88. The third-order valence-electron chi connectivity index (χ3n) is 5.01. The van der Waals surface area contributed by atoms with E-state index in [0.29, 0.717) is 6.54 Å². The number of thiophene rings is 1. The summed E-state index contributed by atoms with van der Waals surface area (Å²) in [6.07, 6.45) is 1.50. The molecule has 0 saturated carbocycles. The van der Waals surface area contributed by atoms with Crippen molar-refractivity contribution in [3.8, 4) is 0 Å². The summed E-state index contributed by atoms with van der Waals surface area (Å²) >= 11 is 1.51. The number of rotatable bonds is 12. The lowest BCUT2D eigenvalue weighted by Gasteiger charge is -2.26. The summed E-state index contributed by atoms with van der Waals surface area (Å²) < 4.78 is 45.6. The van der Waals surface area contributed by atoms with Crippen LogP contribution in [0, 0.1) is 5.82 Å². The largest absolute Gasteiger partial charge is 0.383 e. The average Bonchev–Trinajstić information content (AvgIpc) is 3.35. The lowest BCUT2D eigenvalue weighted by atomic mass is 10.2. The van der Waals surface area contributed by atoms with Gasteiger partial charge in [-0.25, -0.2) is 12.8 Å². The highest BCUT2D eigenvalue weighted by Crippen LogP contribution is 2.17. The molecule has 1 aromatic heterocycles. The third-order valence-corrected chi connectivity index (χ3v) is 7.39. The molecule has 2 aromatic carbocycles. The van der Waals surface area contributed by atoms with Gasteiger partial charge in [0.05, 0.1) is 19.7 Å².